The van der Waals surface area contributed by atoms with Gasteiger partial charge in [-0.1, -0.05) is 24.4 Å². The third kappa shape index (κ3) is 2.53. The van der Waals surface area contributed by atoms with Crippen molar-refractivity contribution >= 4 is 21.6 Å². The standard InChI is InChI=1S/C10H13ClN2O2S/c11-9-6-3-7-12-10(9)16(14,15)13-8-4-1-2-5-8/h3,6-8,13H,1-2,4-5H2. The summed E-state index contributed by atoms with van der Waals surface area (Å²) in [5.41, 5.74) is 0. The molecule has 0 bridgehead atoms. The lowest BCUT2D eigenvalue weighted by molar-refractivity contribution is 0.549. The molecule has 0 unspecified atom stereocenters. The minimum absolute atomic E-state index is 0.0306. The van der Waals surface area contributed by atoms with Gasteiger partial charge in [-0.25, -0.2) is 18.1 Å². The van der Waals surface area contributed by atoms with Crippen LogP contribution in [0, 0.1) is 0 Å². The van der Waals surface area contributed by atoms with Crippen LogP contribution in [0.3, 0.4) is 0 Å². The molecule has 0 aromatic carbocycles. The number of nitrogens with one attached hydrogen (secondary N) is 1. The highest BCUT2D eigenvalue weighted by atomic mass is 35.5. The molecule has 1 fully saturated rings. The maximum absolute atomic E-state index is 12.0. The quantitative estimate of drug-likeness (QED) is 0.904. The van der Waals surface area contributed by atoms with Crippen LogP contribution in [0.4, 0.5) is 0 Å². The molecule has 1 saturated carbocycles. The van der Waals surface area contributed by atoms with Gasteiger partial charge in [-0.2, -0.15) is 0 Å². The van der Waals surface area contributed by atoms with E-state index in [1.54, 1.807) is 6.07 Å². The number of aromatic nitrogens is 1. The summed E-state index contributed by atoms with van der Waals surface area (Å²) in [6, 6.07) is 3.16. The average molecular weight is 261 g/mol. The van der Waals surface area contributed by atoms with E-state index in [9.17, 15) is 8.42 Å². The molecule has 0 aliphatic heterocycles. The van der Waals surface area contributed by atoms with Gasteiger partial charge in [0.2, 0.25) is 0 Å². The van der Waals surface area contributed by atoms with Crippen molar-refractivity contribution in [2.75, 3.05) is 0 Å². The van der Waals surface area contributed by atoms with E-state index >= 15 is 0 Å². The molecule has 1 heterocycles. The van der Waals surface area contributed by atoms with E-state index in [1.165, 1.54) is 12.3 Å². The molecule has 4 nitrogen and oxygen atoms in total. The van der Waals surface area contributed by atoms with Gasteiger partial charge in [-0.05, 0) is 25.0 Å². The molecule has 0 amide bonds. The van der Waals surface area contributed by atoms with Gasteiger partial charge >= 0.3 is 0 Å². The highest BCUT2D eigenvalue weighted by molar-refractivity contribution is 7.89. The first-order valence-corrected chi connectivity index (χ1v) is 7.08. The zero-order valence-corrected chi connectivity index (χ0v) is 10.3. The van der Waals surface area contributed by atoms with Gasteiger partial charge in [0, 0.05) is 12.2 Å². The molecule has 1 aromatic rings. The number of hydrogen-bond acceptors (Lipinski definition) is 3. The highest BCUT2D eigenvalue weighted by Crippen LogP contribution is 2.22. The number of hydrogen-bond donors (Lipinski definition) is 1. The summed E-state index contributed by atoms with van der Waals surface area (Å²) in [6.07, 6.45) is 5.36. The Morgan fingerprint density at radius 2 is 2.06 bits per heavy atom. The van der Waals surface area contributed by atoms with Crippen molar-refractivity contribution in [3.05, 3.63) is 23.4 Å². The first kappa shape index (κ1) is 11.8. The van der Waals surface area contributed by atoms with Gasteiger partial charge in [0.15, 0.2) is 5.03 Å². The molecular weight excluding hydrogens is 248 g/mol. The predicted octanol–water partition coefficient (Wildman–Crippen LogP) is 1.96. The Bertz CT molecular complexity index is 469. The van der Waals surface area contributed by atoms with Crippen LogP contribution >= 0.6 is 11.6 Å². The Morgan fingerprint density at radius 1 is 1.38 bits per heavy atom. The maximum atomic E-state index is 12.0. The van der Waals surface area contributed by atoms with Crippen LogP contribution in [0.25, 0.3) is 0 Å². The molecule has 0 atom stereocenters. The smallest absolute Gasteiger partial charge is 0.242 e. The summed E-state index contributed by atoms with van der Waals surface area (Å²) in [4.78, 5) is 3.81. The molecule has 0 radical (unpaired) electrons. The number of nitrogens with zero attached hydrogens (tertiary/aromatic N) is 1. The molecule has 1 aromatic heterocycles. The van der Waals surface area contributed by atoms with E-state index in [0.29, 0.717) is 0 Å². The van der Waals surface area contributed by atoms with Crippen molar-refractivity contribution in [1.29, 1.82) is 0 Å². The molecule has 1 aliphatic rings. The average Bonchev–Trinajstić information content (AvgIpc) is 2.70. The Balaban J connectivity index is 2.21. The molecule has 0 saturated heterocycles. The monoisotopic (exact) mass is 260 g/mol. The molecule has 1 N–H and O–H groups in total. The first-order chi connectivity index (χ1) is 7.59. The lowest BCUT2D eigenvalue weighted by Crippen LogP contribution is -2.33. The second kappa shape index (κ2) is 4.69. The van der Waals surface area contributed by atoms with Gasteiger partial charge in [0.1, 0.15) is 0 Å². The third-order valence-corrected chi connectivity index (χ3v) is 4.55. The highest BCUT2D eigenvalue weighted by Gasteiger charge is 2.25. The Hall–Kier alpha value is -0.650. The molecule has 1 aliphatic carbocycles. The van der Waals surface area contributed by atoms with Crippen molar-refractivity contribution in [3.63, 3.8) is 0 Å². The summed E-state index contributed by atoms with van der Waals surface area (Å²) in [6.45, 7) is 0. The second-order valence-corrected chi connectivity index (χ2v) is 5.93. The van der Waals surface area contributed by atoms with Crippen molar-refractivity contribution in [1.82, 2.24) is 9.71 Å². The van der Waals surface area contributed by atoms with Crippen LogP contribution in [0.1, 0.15) is 25.7 Å². The van der Waals surface area contributed by atoms with Crippen molar-refractivity contribution in [3.8, 4) is 0 Å². The van der Waals surface area contributed by atoms with Crippen LogP contribution in [0.15, 0.2) is 23.4 Å². The summed E-state index contributed by atoms with van der Waals surface area (Å²) < 4.78 is 26.5. The van der Waals surface area contributed by atoms with Crippen molar-refractivity contribution in [2.24, 2.45) is 0 Å². The number of pyridine rings is 1. The largest absolute Gasteiger partial charge is 0.259 e. The zero-order chi connectivity index (χ0) is 11.6. The van der Waals surface area contributed by atoms with E-state index in [0.717, 1.165) is 25.7 Å². The van der Waals surface area contributed by atoms with Gasteiger partial charge in [-0.3, -0.25) is 0 Å². The fraction of sp³-hybridized carbons (Fsp3) is 0.500. The molecular formula is C10H13ClN2O2S. The van der Waals surface area contributed by atoms with Gasteiger partial charge in [0.05, 0.1) is 5.02 Å². The fourth-order valence-electron chi connectivity index (χ4n) is 1.89. The SMILES string of the molecule is O=S(=O)(NC1CCCC1)c1ncccc1Cl. The van der Waals surface area contributed by atoms with Gasteiger partial charge < -0.3 is 0 Å². The lowest BCUT2D eigenvalue weighted by atomic mass is 10.3. The summed E-state index contributed by atoms with van der Waals surface area (Å²) in [5.74, 6) is 0. The van der Waals surface area contributed by atoms with Crippen molar-refractivity contribution in [2.45, 2.75) is 36.8 Å². The summed E-state index contributed by atoms with van der Waals surface area (Å²) in [7, 11) is -3.57. The minimum atomic E-state index is -3.57. The number of halogens is 1. The van der Waals surface area contributed by atoms with Gasteiger partial charge in [-0.15, -0.1) is 0 Å². The zero-order valence-electron chi connectivity index (χ0n) is 8.69. The van der Waals surface area contributed by atoms with Crippen LogP contribution in [0.2, 0.25) is 5.02 Å². The Morgan fingerprint density at radius 3 is 2.69 bits per heavy atom. The molecule has 0 spiro atoms. The molecule has 88 valence electrons. The van der Waals surface area contributed by atoms with Crippen LogP contribution in [-0.2, 0) is 10.0 Å². The fourth-order valence-corrected chi connectivity index (χ4v) is 3.62. The Kier molecular flexibility index (Phi) is 3.47. The minimum Gasteiger partial charge on any atom is -0.242 e. The lowest BCUT2D eigenvalue weighted by Gasteiger charge is -2.12. The van der Waals surface area contributed by atoms with E-state index in [4.69, 9.17) is 11.6 Å². The molecule has 6 heteroatoms. The van der Waals surface area contributed by atoms with Gasteiger partial charge in [0.25, 0.3) is 10.0 Å². The second-order valence-electron chi connectivity index (χ2n) is 3.89. The van der Waals surface area contributed by atoms with E-state index in [-0.39, 0.29) is 16.1 Å². The number of sulfonamides is 1. The topological polar surface area (TPSA) is 59.1 Å². The molecule has 2 rings (SSSR count). The third-order valence-electron chi connectivity index (χ3n) is 2.66. The van der Waals surface area contributed by atoms with Crippen molar-refractivity contribution < 1.29 is 8.42 Å². The van der Waals surface area contributed by atoms with Crippen LogP contribution < -0.4 is 4.72 Å². The van der Waals surface area contributed by atoms with Crippen LogP contribution in [-0.4, -0.2) is 19.4 Å². The van der Waals surface area contributed by atoms with E-state index in [2.05, 4.69) is 9.71 Å². The first-order valence-electron chi connectivity index (χ1n) is 5.22. The van der Waals surface area contributed by atoms with E-state index < -0.39 is 10.0 Å². The Labute approximate surface area is 100 Å². The number of rotatable bonds is 3. The summed E-state index contributed by atoms with van der Waals surface area (Å²) >= 11 is 5.81. The molecule has 16 heavy (non-hydrogen) atoms. The normalized spacial score (nSPS) is 17.8. The van der Waals surface area contributed by atoms with Crippen LogP contribution in [0.5, 0.6) is 0 Å². The van der Waals surface area contributed by atoms with E-state index in [1.807, 2.05) is 0 Å². The maximum Gasteiger partial charge on any atom is 0.259 e. The predicted molar refractivity (Wildman–Crippen MR) is 61.8 cm³/mol. The summed E-state index contributed by atoms with van der Waals surface area (Å²) in [5, 5.41) is 0.0802.